The van der Waals surface area contributed by atoms with Crippen molar-refractivity contribution in [2.45, 2.75) is 5.41 Å². The Bertz CT molecular complexity index is 1710. The second kappa shape index (κ2) is 7.46. The highest BCUT2D eigenvalue weighted by Crippen LogP contribution is 2.56. The number of hydrogen-bond acceptors (Lipinski definition) is 2. The monoisotopic (exact) mass is 468 g/mol. The molecule has 0 radical (unpaired) electrons. The van der Waals surface area contributed by atoms with Crippen LogP contribution in [-0.2, 0) is 10.2 Å². The fourth-order valence-electron chi connectivity index (χ4n) is 6.02. The number of rotatable bonds is 3. The van der Waals surface area contributed by atoms with Gasteiger partial charge in [0.15, 0.2) is 0 Å². The molecule has 1 aliphatic carbocycles. The van der Waals surface area contributed by atoms with E-state index in [1.165, 1.54) is 0 Å². The zero-order valence-electron chi connectivity index (χ0n) is 20.1. The highest BCUT2D eigenvalue weighted by Gasteiger charge is 2.54. The van der Waals surface area contributed by atoms with Crippen LogP contribution in [-0.4, -0.2) is 25.0 Å². The van der Waals surface area contributed by atoms with E-state index in [0.717, 1.165) is 61.4 Å². The number of amides is 1. The van der Waals surface area contributed by atoms with E-state index in [-0.39, 0.29) is 5.91 Å². The lowest BCUT2D eigenvalue weighted by Gasteiger charge is -2.23. The summed E-state index contributed by atoms with van der Waals surface area (Å²) in [4.78, 5) is 19.6. The van der Waals surface area contributed by atoms with Crippen molar-refractivity contribution in [2.75, 3.05) is 19.1 Å². The predicted octanol–water partition coefficient (Wildman–Crippen LogP) is 6.55. The highest BCUT2D eigenvalue weighted by atomic mass is 16.5. The van der Waals surface area contributed by atoms with E-state index in [1.54, 1.807) is 12.0 Å². The normalized spacial score (nSPS) is 18.0. The number of H-pyrrole nitrogens is 1. The van der Waals surface area contributed by atoms with Crippen LogP contribution in [0, 0.1) is 0 Å². The standard InChI is InChI=1S/C32H24N2O2/c1-34-28-15-9-7-13-25(28)32(31(34)35)19-24(22-17-16-21(36-2)18-26(22)32)29-23-12-6-8-14-27(23)33-30(29)20-10-4-3-5-11-20/h3-19,33H,1-2H3. The van der Waals surface area contributed by atoms with Gasteiger partial charge in [0.1, 0.15) is 11.2 Å². The summed E-state index contributed by atoms with van der Waals surface area (Å²) in [6.07, 6.45) is 2.18. The summed E-state index contributed by atoms with van der Waals surface area (Å²) in [6.45, 7) is 0. The van der Waals surface area contributed by atoms with Crippen LogP contribution in [0.15, 0.2) is 103 Å². The number of methoxy groups -OCH3 is 1. The third kappa shape index (κ3) is 2.61. The number of carbonyl (C=O) groups is 1. The Kier molecular flexibility index (Phi) is 4.31. The number of aromatic nitrogens is 1. The van der Waals surface area contributed by atoms with Gasteiger partial charge < -0.3 is 14.6 Å². The minimum Gasteiger partial charge on any atom is -0.497 e. The fourth-order valence-corrected chi connectivity index (χ4v) is 6.02. The molecule has 1 spiro atoms. The molecule has 2 aliphatic rings. The van der Waals surface area contributed by atoms with Gasteiger partial charge in [0.25, 0.3) is 0 Å². The van der Waals surface area contributed by atoms with Gasteiger partial charge in [-0.15, -0.1) is 0 Å². The average molecular weight is 469 g/mol. The van der Waals surface area contributed by atoms with Crippen LogP contribution in [0.5, 0.6) is 5.75 Å². The van der Waals surface area contributed by atoms with Gasteiger partial charge in [-0.1, -0.05) is 78.9 Å². The van der Waals surface area contributed by atoms with Gasteiger partial charge in [-0.25, -0.2) is 0 Å². The smallest absolute Gasteiger partial charge is 0.245 e. The molecule has 4 nitrogen and oxygen atoms in total. The van der Waals surface area contributed by atoms with E-state index in [2.05, 4.69) is 65.7 Å². The fraction of sp³-hybridized carbons (Fsp3) is 0.0938. The summed E-state index contributed by atoms with van der Waals surface area (Å²) in [5, 5.41) is 1.13. The number of anilines is 1. The third-order valence-electron chi connectivity index (χ3n) is 7.67. The van der Waals surface area contributed by atoms with Crippen molar-refractivity contribution in [2.24, 2.45) is 0 Å². The van der Waals surface area contributed by atoms with Gasteiger partial charge in [0.05, 0.1) is 12.8 Å². The molecule has 36 heavy (non-hydrogen) atoms. The summed E-state index contributed by atoms with van der Waals surface area (Å²) in [6, 6.07) is 33.0. The largest absolute Gasteiger partial charge is 0.497 e. The molecule has 1 aliphatic heterocycles. The molecule has 1 amide bonds. The molecule has 5 aromatic rings. The van der Waals surface area contributed by atoms with Crippen LogP contribution in [0.25, 0.3) is 27.7 Å². The molecule has 0 bridgehead atoms. The Morgan fingerprint density at radius 2 is 1.58 bits per heavy atom. The lowest BCUT2D eigenvalue weighted by molar-refractivity contribution is -0.120. The number of fused-ring (bicyclic) bond motifs is 5. The molecule has 174 valence electrons. The van der Waals surface area contributed by atoms with E-state index < -0.39 is 5.41 Å². The van der Waals surface area contributed by atoms with Crippen LogP contribution in [0.3, 0.4) is 0 Å². The predicted molar refractivity (Wildman–Crippen MR) is 144 cm³/mol. The number of nitrogens with zero attached hydrogens (tertiary/aromatic N) is 1. The number of likely N-dealkylation sites (N-methyl/N-ethyl adjacent to an activating group) is 1. The Balaban J connectivity index is 1.60. The third-order valence-corrected chi connectivity index (χ3v) is 7.67. The zero-order valence-corrected chi connectivity index (χ0v) is 20.1. The maximum absolute atomic E-state index is 14.1. The number of carbonyl (C=O) groups excluding carboxylic acids is 1. The van der Waals surface area contributed by atoms with E-state index >= 15 is 0 Å². The topological polar surface area (TPSA) is 45.3 Å². The zero-order chi connectivity index (χ0) is 24.4. The van der Waals surface area contributed by atoms with Crippen LogP contribution in [0.4, 0.5) is 5.69 Å². The van der Waals surface area contributed by atoms with E-state index in [0.29, 0.717) is 0 Å². The molecule has 0 fully saturated rings. The molecule has 1 aromatic heterocycles. The molecule has 1 unspecified atom stereocenters. The number of nitrogens with one attached hydrogen (secondary N) is 1. The number of hydrogen-bond donors (Lipinski definition) is 1. The summed E-state index contributed by atoms with van der Waals surface area (Å²) in [5.74, 6) is 0.791. The van der Waals surface area contributed by atoms with E-state index in [9.17, 15) is 4.79 Å². The second-order valence-corrected chi connectivity index (χ2v) is 9.45. The SMILES string of the molecule is COc1ccc2c(c1)C1(C=C2c2c(-c3ccccc3)[nH]c3ccccc23)C(=O)N(C)c2ccccc21. The molecule has 1 atom stereocenters. The first-order chi connectivity index (χ1) is 17.6. The van der Waals surface area contributed by atoms with Gasteiger partial charge >= 0.3 is 0 Å². The van der Waals surface area contributed by atoms with Gasteiger partial charge in [0.2, 0.25) is 5.91 Å². The van der Waals surface area contributed by atoms with Crippen LogP contribution >= 0.6 is 0 Å². The Hall–Kier alpha value is -4.57. The van der Waals surface area contributed by atoms with Gasteiger partial charge in [-0.3, -0.25) is 4.79 Å². The van der Waals surface area contributed by atoms with E-state index in [4.69, 9.17) is 4.74 Å². The molecule has 2 heterocycles. The van der Waals surface area contributed by atoms with Gasteiger partial charge in [-0.05, 0) is 52.1 Å². The van der Waals surface area contributed by atoms with Crippen molar-refractivity contribution in [1.29, 1.82) is 0 Å². The first-order valence-corrected chi connectivity index (χ1v) is 12.1. The molecular weight excluding hydrogens is 444 g/mol. The number of benzene rings is 4. The molecule has 4 aromatic carbocycles. The average Bonchev–Trinajstić information content (AvgIpc) is 3.55. The van der Waals surface area contributed by atoms with Crippen molar-refractivity contribution in [3.63, 3.8) is 0 Å². The van der Waals surface area contributed by atoms with Crippen molar-refractivity contribution < 1.29 is 9.53 Å². The van der Waals surface area contributed by atoms with Crippen LogP contribution in [0.1, 0.15) is 22.3 Å². The number of aromatic amines is 1. The van der Waals surface area contributed by atoms with E-state index in [1.807, 2.05) is 49.5 Å². The van der Waals surface area contributed by atoms with Crippen molar-refractivity contribution in [3.05, 3.63) is 125 Å². The molecule has 4 heteroatoms. The van der Waals surface area contributed by atoms with Crippen molar-refractivity contribution in [1.82, 2.24) is 4.98 Å². The molecule has 1 N–H and O–H groups in total. The Labute approximate surface area is 209 Å². The summed E-state index contributed by atoms with van der Waals surface area (Å²) >= 11 is 0. The molecule has 0 saturated heterocycles. The van der Waals surface area contributed by atoms with Crippen LogP contribution < -0.4 is 9.64 Å². The lowest BCUT2D eigenvalue weighted by atomic mass is 9.77. The summed E-state index contributed by atoms with van der Waals surface area (Å²) in [5.41, 5.74) is 8.44. The van der Waals surface area contributed by atoms with Crippen molar-refractivity contribution >= 4 is 28.1 Å². The highest BCUT2D eigenvalue weighted by molar-refractivity contribution is 6.17. The minimum atomic E-state index is -0.906. The number of ether oxygens (including phenoxy) is 1. The minimum absolute atomic E-state index is 0.0503. The van der Waals surface area contributed by atoms with Crippen molar-refractivity contribution in [3.8, 4) is 17.0 Å². The quantitative estimate of drug-likeness (QED) is 0.326. The van der Waals surface area contributed by atoms with Gasteiger partial charge in [-0.2, -0.15) is 0 Å². The maximum Gasteiger partial charge on any atom is 0.245 e. The second-order valence-electron chi connectivity index (χ2n) is 9.45. The maximum atomic E-state index is 14.1. The Morgan fingerprint density at radius 1 is 0.833 bits per heavy atom. The molecule has 7 rings (SSSR count). The molecule has 0 saturated carbocycles. The van der Waals surface area contributed by atoms with Crippen LogP contribution in [0.2, 0.25) is 0 Å². The lowest BCUT2D eigenvalue weighted by Crippen LogP contribution is -2.37. The summed E-state index contributed by atoms with van der Waals surface area (Å²) in [7, 11) is 3.53. The first kappa shape index (κ1) is 20.8. The van der Waals surface area contributed by atoms with Gasteiger partial charge in [0, 0.05) is 29.2 Å². The number of para-hydroxylation sites is 2. The first-order valence-electron chi connectivity index (χ1n) is 12.1. The Morgan fingerprint density at radius 3 is 2.42 bits per heavy atom. The molecular formula is C32H24N2O2. The summed E-state index contributed by atoms with van der Waals surface area (Å²) < 4.78 is 5.63.